The third-order valence-corrected chi connectivity index (χ3v) is 5.73. The molecule has 0 saturated heterocycles. The molecule has 0 bridgehead atoms. The number of aliphatic hydroxyl groups is 2. The van der Waals surface area contributed by atoms with Crippen molar-refractivity contribution in [3.63, 3.8) is 0 Å². The maximum Gasteiger partial charge on any atom is 0.336 e. The quantitative estimate of drug-likeness (QED) is 0.0793. The molecule has 5 N–H and O–H groups in total. The highest BCUT2D eigenvalue weighted by Crippen LogP contribution is 2.28. The van der Waals surface area contributed by atoms with E-state index in [1.54, 1.807) is 0 Å². The van der Waals surface area contributed by atoms with Crippen molar-refractivity contribution in [1.82, 2.24) is 0 Å². The van der Waals surface area contributed by atoms with Crippen LogP contribution in [0.4, 0.5) is 11.4 Å². The van der Waals surface area contributed by atoms with Crippen molar-refractivity contribution in [3.8, 4) is 22.6 Å². The normalized spacial score (nSPS) is 11.6. The minimum atomic E-state index is -1.43. The second-order valence-electron chi connectivity index (χ2n) is 8.61. The van der Waals surface area contributed by atoms with E-state index in [2.05, 4.69) is 9.98 Å². The van der Waals surface area contributed by atoms with Crippen molar-refractivity contribution in [3.05, 3.63) is 107 Å². The van der Waals surface area contributed by atoms with E-state index in [1.807, 2.05) is 0 Å². The molecule has 4 aromatic rings. The number of benzene rings is 4. The monoisotopic (exact) mass is 554 g/mol. The molecule has 0 atom stereocenters. The molecule has 0 unspecified atom stereocenters. The summed E-state index contributed by atoms with van der Waals surface area (Å²) in [7, 11) is 0. The van der Waals surface area contributed by atoms with E-state index in [0.717, 1.165) is 6.07 Å². The first-order valence-corrected chi connectivity index (χ1v) is 11.9. The molecule has 0 spiro atoms. The topological polar surface area (TPSA) is 186 Å². The summed E-state index contributed by atoms with van der Waals surface area (Å²) < 4.78 is 4.99. The number of carboxylic acids is 2. The predicted molar refractivity (Wildman–Crippen MR) is 149 cm³/mol. The van der Waals surface area contributed by atoms with Crippen LogP contribution in [0.5, 0.6) is 11.5 Å². The Hall–Kier alpha value is -5.97. The molecule has 0 amide bonds. The number of phenolic OH excluding ortho intramolecular Hbond substituents is 1. The third kappa shape index (κ3) is 6.73. The fourth-order valence-corrected chi connectivity index (χ4v) is 3.84. The van der Waals surface area contributed by atoms with Crippen LogP contribution in [0.25, 0.3) is 11.1 Å². The molecule has 4 rings (SSSR count). The lowest BCUT2D eigenvalue weighted by Gasteiger charge is -2.12. The summed E-state index contributed by atoms with van der Waals surface area (Å²) in [6.07, 6.45) is 0. The number of hydrogen-bond acceptors (Lipinski definition) is 7. The Bertz CT molecular complexity index is 1710. The van der Waals surface area contributed by atoms with Crippen molar-refractivity contribution in [2.75, 3.05) is 0 Å². The first-order valence-electron chi connectivity index (χ1n) is 11.9. The summed E-state index contributed by atoms with van der Waals surface area (Å²) in [4.78, 5) is 42.6. The summed E-state index contributed by atoms with van der Waals surface area (Å²) in [6.45, 7) is 1.26. The molecule has 0 aromatic heterocycles. The summed E-state index contributed by atoms with van der Waals surface area (Å²) in [6, 6.07) is 19.8. The highest BCUT2D eigenvalue weighted by atomic mass is 16.5. The van der Waals surface area contributed by atoms with E-state index in [0.29, 0.717) is 16.8 Å². The number of aliphatic imine (C=N–C) groups is 2. The van der Waals surface area contributed by atoms with Crippen molar-refractivity contribution < 1.29 is 44.7 Å². The van der Waals surface area contributed by atoms with E-state index >= 15 is 0 Å². The molecule has 11 heteroatoms. The van der Waals surface area contributed by atoms with Gasteiger partial charge in [0.15, 0.2) is 0 Å². The van der Waals surface area contributed by atoms with Crippen LogP contribution in [0.3, 0.4) is 0 Å². The Balaban J connectivity index is 1.82. The number of carbonyl (C=O) groups excluding carboxylic acids is 1. The number of aliphatic hydroxyl groups excluding tert-OH is 2. The van der Waals surface area contributed by atoms with Gasteiger partial charge in [-0.05, 0) is 83.9 Å². The van der Waals surface area contributed by atoms with Crippen molar-refractivity contribution in [2.45, 2.75) is 6.92 Å². The van der Waals surface area contributed by atoms with Gasteiger partial charge < -0.3 is 30.3 Å². The van der Waals surface area contributed by atoms with Gasteiger partial charge >= 0.3 is 17.9 Å². The van der Waals surface area contributed by atoms with Gasteiger partial charge in [0.05, 0.1) is 22.5 Å². The number of carboxylic acid groups (broad SMARTS) is 2. The van der Waals surface area contributed by atoms with Crippen molar-refractivity contribution in [1.29, 1.82) is 0 Å². The first-order chi connectivity index (χ1) is 19.5. The van der Waals surface area contributed by atoms with Gasteiger partial charge in [0.1, 0.15) is 11.5 Å². The van der Waals surface area contributed by atoms with E-state index in [4.69, 9.17) is 4.74 Å². The summed E-state index contributed by atoms with van der Waals surface area (Å²) >= 11 is 0. The lowest BCUT2D eigenvalue weighted by atomic mass is 9.95. The van der Waals surface area contributed by atoms with Crippen LogP contribution in [-0.4, -0.2) is 55.2 Å². The molecule has 0 aliphatic heterocycles. The first kappa shape index (κ1) is 28.0. The van der Waals surface area contributed by atoms with Crippen LogP contribution in [0.15, 0.2) is 94.9 Å². The van der Waals surface area contributed by atoms with Crippen LogP contribution in [-0.2, 0) is 4.79 Å². The summed E-state index contributed by atoms with van der Waals surface area (Å²) in [5, 5.41) is 50.3. The van der Waals surface area contributed by atoms with Gasteiger partial charge in [-0.2, -0.15) is 0 Å². The molecule has 0 heterocycles. The van der Waals surface area contributed by atoms with Crippen LogP contribution in [0.2, 0.25) is 0 Å². The van der Waals surface area contributed by atoms with Gasteiger partial charge in [-0.3, -0.25) is 4.79 Å². The van der Waals surface area contributed by atoms with Crippen LogP contribution < -0.4 is 4.74 Å². The molecule has 41 heavy (non-hydrogen) atoms. The molecule has 206 valence electrons. The molecular formula is C30H22N2O9. The Labute approximate surface area is 232 Å². The minimum Gasteiger partial charge on any atom is -0.508 e. The third-order valence-electron chi connectivity index (χ3n) is 5.73. The van der Waals surface area contributed by atoms with Crippen molar-refractivity contribution >= 4 is 41.1 Å². The molecule has 0 aliphatic rings. The molecule has 11 nitrogen and oxygen atoms in total. The number of ether oxygens (including phenoxy) is 1. The lowest BCUT2D eigenvalue weighted by Crippen LogP contribution is -2.10. The highest BCUT2D eigenvalue weighted by molar-refractivity contribution is 6.08. The smallest absolute Gasteiger partial charge is 0.336 e. The van der Waals surface area contributed by atoms with Crippen molar-refractivity contribution in [2.24, 2.45) is 9.98 Å². The number of hydrogen-bond donors (Lipinski definition) is 5. The number of phenols is 1. The van der Waals surface area contributed by atoms with E-state index < -0.39 is 35.3 Å². The standard InChI is InChI=1S/C30H22N2O9/c1-16(33)41-22-10-6-20(7-11-22)31-27(35)23-12-2-17(18-3-13-24(29(37)38)26(15-18)30(39)40)14-25(23)28(36)32-19-4-8-21(34)9-5-19/h2-15,34H,1H3,(H,31,35)(H,32,36)(H,37,38)(H,39,40). The zero-order chi connectivity index (χ0) is 29.7. The Kier molecular flexibility index (Phi) is 8.09. The average molecular weight is 555 g/mol. The maximum absolute atomic E-state index is 11.7. The molecule has 0 saturated carbocycles. The van der Waals surface area contributed by atoms with Gasteiger partial charge in [-0.25, -0.2) is 19.6 Å². The van der Waals surface area contributed by atoms with E-state index in [-0.39, 0.29) is 33.9 Å². The number of aromatic carboxylic acids is 2. The van der Waals surface area contributed by atoms with Crippen LogP contribution in [0.1, 0.15) is 38.8 Å². The largest absolute Gasteiger partial charge is 0.508 e. The number of nitrogens with zero attached hydrogens (tertiary/aromatic N) is 2. The average Bonchev–Trinajstić information content (AvgIpc) is 2.94. The van der Waals surface area contributed by atoms with Gasteiger partial charge in [0.25, 0.3) is 0 Å². The fraction of sp³-hybridized carbons (Fsp3) is 0.0333. The number of rotatable bonds is 8. The second kappa shape index (κ2) is 11.8. The molecule has 0 fully saturated rings. The molecular weight excluding hydrogens is 532 g/mol. The van der Waals surface area contributed by atoms with Crippen LogP contribution in [0, 0.1) is 0 Å². The summed E-state index contributed by atoms with van der Waals surface area (Å²) in [5.41, 5.74) is 0.575. The number of aromatic hydroxyl groups is 1. The van der Waals surface area contributed by atoms with E-state index in [1.165, 1.54) is 85.8 Å². The lowest BCUT2D eigenvalue weighted by molar-refractivity contribution is -0.131. The Morgan fingerprint density at radius 1 is 0.585 bits per heavy atom. The van der Waals surface area contributed by atoms with E-state index in [9.17, 15) is 39.9 Å². The maximum atomic E-state index is 11.7. The predicted octanol–water partition coefficient (Wildman–Crippen LogP) is 5.65. The van der Waals surface area contributed by atoms with Gasteiger partial charge in [-0.15, -0.1) is 0 Å². The zero-order valence-corrected chi connectivity index (χ0v) is 21.3. The van der Waals surface area contributed by atoms with Gasteiger partial charge in [0, 0.05) is 18.1 Å². The van der Waals surface area contributed by atoms with Gasteiger partial charge in [0.2, 0.25) is 11.8 Å². The SMILES string of the molecule is CC(=O)Oc1ccc(N=C(O)c2ccc(-c3ccc(C(=O)O)c(C(=O)O)c3)cc2C(O)=Nc2ccc(O)cc2)cc1. The summed E-state index contributed by atoms with van der Waals surface area (Å²) in [5.74, 6) is -4.06. The zero-order valence-electron chi connectivity index (χ0n) is 21.3. The Morgan fingerprint density at radius 3 is 1.56 bits per heavy atom. The van der Waals surface area contributed by atoms with Crippen LogP contribution >= 0.6 is 0 Å². The second-order valence-corrected chi connectivity index (χ2v) is 8.61. The minimum absolute atomic E-state index is 0.00494. The number of esters is 1. The molecule has 0 aliphatic carbocycles. The molecule has 4 aromatic carbocycles. The van der Waals surface area contributed by atoms with Gasteiger partial charge in [-0.1, -0.05) is 12.1 Å². The molecule has 0 radical (unpaired) electrons. The number of carbonyl (C=O) groups is 3. The highest BCUT2D eigenvalue weighted by Gasteiger charge is 2.19. The fourth-order valence-electron chi connectivity index (χ4n) is 3.84. The Morgan fingerprint density at radius 2 is 1.05 bits per heavy atom.